The van der Waals surface area contributed by atoms with Crippen molar-refractivity contribution < 1.29 is 14.7 Å². The molecule has 0 radical (unpaired) electrons. The Morgan fingerprint density at radius 3 is 2.61 bits per heavy atom. The number of hydrogen-bond donors (Lipinski definition) is 3. The highest BCUT2D eigenvalue weighted by molar-refractivity contribution is 5.94. The minimum atomic E-state index is -0.153. The molecule has 124 valence electrons. The molecule has 0 saturated carbocycles. The van der Waals surface area contributed by atoms with Crippen molar-refractivity contribution >= 4 is 11.8 Å². The number of rotatable bonds is 4. The molecule has 2 atom stereocenters. The number of likely N-dealkylation sites (tertiary alicyclic amines) is 1. The van der Waals surface area contributed by atoms with Gasteiger partial charge in [-0.2, -0.15) is 0 Å². The number of amides is 2. The second kappa shape index (κ2) is 7.00. The highest BCUT2D eigenvalue weighted by Crippen LogP contribution is 2.18. The summed E-state index contributed by atoms with van der Waals surface area (Å²) in [6.45, 7) is 3.05. The number of aromatic hydroxyl groups is 1. The number of nitrogens with one attached hydrogen (secondary N) is 2. The Morgan fingerprint density at radius 2 is 1.91 bits per heavy atom. The SMILES string of the molecule is O=C(NCC1CNC(C(=O)N2CCCC2)C1)c1ccc(O)cc1. The van der Waals surface area contributed by atoms with E-state index >= 15 is 0 Å². The minimum absolute atomic E-state index is 0.108. The Morgan fingerprint density at radius 1 is 1.22 bits per heavy atom. The fourth-order valence-electron chi connectivity index (χ4n) is 3.26. The molecule has 23 heavy (non-hydrogen) atoms. The van der Waals surface area contributed by atoms with Crippen molar-refractivity contribution in [3.8, 4) is 5.75 Å². The molecule has 2 aliphatic heterocycles. The van der Waals surface area contributed by atoms with Gasteiger partial charge >= 0.3 is 0 Å². The summed E-state index contributed by atoms with van der Waals surface area (Å²) >= 11 is 0. The van der Waals surface area contributed by atoms with E-state index in [2.05, 4.69) is 10.6 Å². The van der Waals surface area contributed by atoms with E-state index in [1.54, 1.807) is 12.1 Å². The van der Waals surface area contributed by atoms with Gasteiger partial charge in [-0.1, -0.05) is 0 Å². The number of phenols is 1. The van der Waals surface area contributed by atoms with Gasteiger partial charge in [-0.25, -0.2) is 0 Å². The number of carbonyl (C=O) groups excluding carboxylic acids is 2. The summed E-state index contributed by atoms with van der Waals surface area (Å²) in [5.41, 5.74) is 0.526. The van der Waals surface area contributed by atoms with Gasteiger partial charge < -0.3 is 20.6 Å². The van der Waals surface area contributed by atoms with Gasteiger partial charge in [0.15, 0.2) is 0 Å². The van der Waals surface area contributed by atoms with Crippen LogP contribution in [0.5, 0.6) is 5.75 Å². The second-order valence-electron chi connectivity index (χ2n) is 6.35. The lowest BCUT2D eigenvalue weighted by Crippen LogP contribution is -2.42. The van der Waals surface area contributed by atoms with Crippen LogP contribution in [0.2, 0.25) is 0 Å². The van der Waals surface area contributed by atoms with Crippen LogP contribution in [-0.2, 0) is 4.79 Å². The van der Waals surface area contributed by atoms with Crippen LogP contribution in [0.15, 0.2) is 24.3 Å². The van der Waals surface area contributed by atoms with Crippen molar-refractivity contribution in [3.63, 3.8) is 0 Å². The first-order valence-electron chi connectivity index (χ1n) is 8.23. The maximum atomic E-state index is 12.3. The van der Waals surface area contributed by atoms with Gasteiger partial charge in [-0.05, 0) is 49.4 Å². The standard InChI is InChI=1S/C17H23N3O3/c21-14-5-3-13(4-6-14)16(22)19-11-12-9-15(18-10-12)17(23)20-7-1-2-8-20/h3-6,12,15,18,21H,1-2,7-11H2,(H,19,22). The molecule has 0 spiro atoms. The third kappa shape index (κ3) is 3.82. The zero-order valence-corrected chi connectivity index (χ0v) is 13.1. The van der Waals surface area contributed by atoms with Crippen LogP contribution in [0, 0.1) is 5.92 Å². The van der Waals surface area contributed by atoms with E-state index in [-0.39, 0.29) is 29.5 Å². The Bertz CT molecular complexity index is 567. The summed E-state index contributed by atoms with van der Waals surface area (Å²) in [4.78, 5) is 26.3. The molecule has 0 aromatic heterocycles. The predicted octanol–water partition coefficient (Wildman–Crippen LogP) is 0.722. The van der Waals surface area contributed by atoms with E-state index in [4.69, 9.17) is 0 Å². The van der Waals surface area contributed by atoms with Crippen molar-refractivity contribution in [2.45, 2.75) is 25.3 Å². The number of nitrogens with zero attached hydrogens (tertiary/aromatic N) is 1. The molecule has 2 unspecified atom stereocenters. The van der Waals surface area contributed by atoms with Crippen molar-refractivity contribution in [3.05, 3.63) is 29.8 Å². The molecule has 3 rings (SSSR count). The van der Waals surface area contributed by atoms with Crippen LogP contribution in [0.1, 0.15) is 29.6 Å². The van der Waals surface area contributed by atoms with E-state index in [0.29, 0.717) is 12.1 Å². The first kappa shape index (κ1) is 15.8. The summed E-state index contributed by atoms with van der Waals surface area (Å²) < 4.78 is 0. The van der Waals surface area contributed by atoms with E-state index < -0.39 is 0 Å². The van der Waals surface area contributed by atoms with Crippen LogP contribution in [-0.4, -0.2) is 54.0 Å². The molecule has 3 N–H and O–H groups in total. The number of phenolic OH excluding ortho intramolecular Hbond substituents is 1. The molecule has 2 aliphatic rings. The topological polar surface area (TPSA) is 81.7 Å². The van der Waals surface area contributed by atoms with E-state index in [0.717, 1.165) is 38.9 Å². The monoisotopic (exact) mass is 317 g/mol. The summed E-state index contributed by atoms with van der Waals surface area (Å²) in [6.07, 6.45) is 2.97. The first-order valence-corrected chi connectivity index (χ1v) is 8.23. The van der Waals surface area contributed by atoms with Crippen molar-refractivity contribution in [1.29, 1.82) is 0 Å². The summed E-state index contributed by atoms with van der Waals surface area (Å²) in [5.74, 6) is 0.464. The van der Waals surface area contributed by atoms with Crippen LogP contribution in [0.3, 0.4) is 0 Å². The number of hydrogen-bond acceptors (Lipinski definition) is 4. The first-order chi connectivity index (χ1) is 11.1. The third-order valence-corrected chi connectivity index (χ3v) is 4.62. The molecule has 1 aromatic rings. The van der Waals surface area contributed by atoms with E-state index in [9.17, 15) is 14.7 Å². The average molecular weight is 317 g/mol. The quantitative estimate of drug-likeness (QED) is 0.764. The predicted molar refractivity (Wildman–Crippen MR) is 86.2 cm³/mol. The molecule has 0 aliphatic carbocycles. The molecule has 2 fully saturated rings. The van der Waals surface area contributed by atoms with E-state index in [1.807, 2.05) is 4.90 Å². The molecule has 0 bridgehead atoms. The lowest BCUT2D eigenvalue weighted by molar-refractivity contribution is -0.132. The maximum absolute atomic E-state index is 12.3. The van der Waals surface area contributed by atoms with Gasteiger partial charge in [-0.3, -0.25) is 9.59 Å². The van der Waals surface area contributed by atoms with Gasteiger partial charge in [-0.15, -0.1) is 0 Å². The van der Waals surface area contributed by atoms with Crippen molar-refractivity contribution in [1.82, 2.24) is 15.5 Å². The molecular weight excluding hydrogens is 294 g/mol. The fraction of sp³-hybridized carbons (Fsp3) is 0.529. The van der Waals surface area contributed by atoms with Gasteiger partial charge in [0.1, 0.15) is 5.75 Å². The smallest absolute Gasteiger partial charge is 0.251 e. The molecule has 6 heteroatoms. The second-order valence-corrected chi connectivity index (χ2v) is 6.35. The highest BCUT2D eigenvalue weighted by Gasteiger charge is 2.33. The maximum Gasteiger partial charge on any atom is 0.251 e. The van der Waals surface area contributed by atoms with Crippen molar-refractivity contribution in [2.75, 3.05) is 26.2 Å². The molecular formula is C17H23N3O3. The zero-order valence-electron chi connectivity index (χ0n) is 13.1. The van der Waals surface area contributed by atoms with Crippen LogP contribution < -0.4 is 10.6 Å². The largest absolute Gasteiger partial charge is 0.508 e. The van der Waals surface area contributed by atoms with Gasteiger partial charge in [0.2, 0.25) is 5.91 Å². The summed E-state index contributed by atoms with van der Waals surface area (Å²) in [7, 11) is 0. The molecule has 2 saturated heterocycles. The molecule has 6 nitrogen and oxygen atoms in total. The lowest BCUT2D eigenvalue weighted by atomic mass is 10.0. The molecule has 2 heterocycles. The van der Waals surface area contributed by atoms with Crippen molar-refractivity contribution in [2.24, 2.45) is 5.92 Å². The Kier molecular flexibility index (Phi) is 4.81. The zero-order chi connectivity index (χ0) is 16.2. The number of carbonyl (C=O) groups is 2. The highest BCUT2D eigenvalue weighted by atomic mass is 16.3. The third-order valence-electron chi connectivity index (χ3n) is 4.62. The summed E-state index contributed by atoms with van der Waals surface area (Å²) in [6, 6.07) is 6.07. The van der Waals surface area contributed by atoms with E-state index in [1.165, 1.54) is 12.1 Å². The Labute approximate surface area is 135 Å². The van der Waals surface area contributed by atoms with Crippen LogP contribution >= 0.6 is 0 Å². The van der Waals surface area contributed by atoms with Gasteiger partial charge in [0, 0.05) is 31.7 Å². The number of benzene rings is 1. The fourth-order valence-corrected chi connectivity index (χ4v) is 3.26. The summed E-state index contributed by atoms with van der Waals surface area (Å²) in [5, 5.41) is 15.4. The van der Waals surface area contributed by atoms with Crippen LogP contribution in [0.25, 0.3) is 0 Å². The van der Waals surface area contributed by atoms with Gasteiger partial charge in [0.05, 0.1) is 6.04 Å². The minimum Gasteiger partial charge on any atom is -0.508 e. The Balaban J connectivity index is 1.45. The lowest BCUT2D eigenvalue weighted by Gasteiger charge is -2.20. The Hall–Kier alpha value is -2.08. The van der Waals surface area contributed by atoms with Gasteiger partial charge in [0.25, 0.3) is 5.91 Å². The molecule has 1 aromatic carbocycles. The average Bonchev–Trinajstić information content (AvgIpc) is 3.24. The normalized spacial score (nSPS) is 23.9. The molecule has 2 amide bonds. The van der Waals surface area contributed by atoms with Crippen LogP contribution in [0.4, 0.5) is 0 Å².